The number of sulfonamides is 1. The summed E-state index contributed by atoms with van der Waals surface area (Å²) in [4.78, 5) is 28.4. The second-order valence-corrected chi connectivity index (χ2v) is 11.4. The predicted molar refractivity (Wildman–Crippen MR) is 158 cm³/mol. The molecule has 0 heterocycles. The molecule has 3 aromatic rings. The maximum Gasteiger partial charge on any atom is 0.264 e. The summed E-state index contributed by atoms with van der Waals surface area (Å²) in [5, 5.41) is 2.89. The molecule has 0 saturated heterocycles. The van der Waals surface area contributed by atoms with Gasteiger partial charge in [0.15, 0.2) is 0 Å². The highest BCUT2D eigenvalue weighted by Crippen LogP contribution is 2.26. The average molecular weight is 566 g/mol. The third kappa shape index (κ3) is 8.08. The van der Waals surface area contributed by atoms with Crippen LogP contribution in [0.5, 0.6) is 5.75 Å². The van der Waals surface area contributed by atoms with Crippen LogP contribution in [0.4, 0.5) is 5.69 Å². The van der Waals surface area contributed by atoms with Crippen molar-refractivity contribution >= 4 is 27.5 Å². The van der Waals surface area contributed by atoms with Crippen LogP contribution in [0.2, 0.25) is 0 Å². The van der Waals surface area contributed by atoms with Crippen LogP contribution in [0.3, 0.4) is 0 Å². The maximum atomic E-state index is 13.9. The van der Waals surface area contributed by atoms with Gasteiger partial charge in [-0.25, -0.2) is 8.42 Å². The third-order valence-electron chi connectivity index (χ3n) is 6.52. The average Bonchev–Trinajstić information content (AvgIpc) is 2.96. The molecule has 0 aliphatic rings. The largest absolute Gasteiger partial charge is 0.494 e. The molecule has 0 aliphatic heterocycles. The van der Waals surface area contributed by atoms with E-state index < -0.39 is 28.5 Å². The van der Waals surface area contributed by atoms with E-state index in [-0.39, 0.29) is 17.3 Å². The molecular formula is C31H39N3O5S. The van der Waals surface area contributed by atoms with E-state index in [9.17, 15) is 18.0 Å². The minimum atomic E-state index is -4.13. The Kier molecular flexibility index (Phi) is 11.1. The van der Waals surface area contributed by atoms with E-state index in [1.54, 1.807) is 49.4 Å². The van der Waals surface area contributed by atoms with Gasteiger partial charge >= 0.3 is 0 Å². The molecular weight excluding hydrogens is 526 g/mol. The van der Waals surface area contributed by atoms with Gasteiger partial charge in [-0.2, -0.15) is 0 Å². The zero-order chi connectivity index (χ0) is 29.1. The zero-order valence-corrected chi connectivity index (χ0v) is 24.5. The molecule has 8 nitrogen and oxygen atoms in total. The predicted octanol–water partition coefficient (Wildman–Crippen LogP) is 4.92. The number of nitrogens with zero attached hydrogens (tertiary/aromatic N) is 2. The lowest BCUT2D eigenvalue weighted by atomic mass is 10.1. The highest BCUT2D eigenvalue weighted by atomic mass is 32.2. The van der Waals surface area contributed by atoms with Gasteiger partial charge in [0.05, 0.1) is 17.2 Å². The number of aryl methyl sites for hydroxylation is 1. The molecule has 1 N–H and O–H groups in total. The number of hydrogen-bond acceptors (Lipinski definition) is 5. The van der Waals surface area contributed by atoms with E-state index in [4.69, 9.17) is 4.74 Å². The van der Waals surface area contributed by atoms with Crippen LogP contribution in [0.15, 0.2) is 83.8 Å². The van der Waals surface area contributed by atoms with Gasteiger partial charge < -0.3 is 15.0 Å². The standard InChI is InChI=1S/C31H39N3O5S/c1-5-7-21-32-31(36)25(4)33(22-26-15-13-24(3)14-16-26)30(35)23-34(27-11-9-8-10-12-27)40(37,38)29-19-17-28(18-20-29)39-6-2/h8-20,25H,5-7,21-23H2,1-4H3,(H,32,36). The number of amides is 2. The van der Waals surface area contributed by atoms with Gasteiger partial charge in [-0.05, 0) is 69.2 Å². The van der Waals surface area contributed by atoms with Gasteiger partial charge in [-0.3, -0.25) is 13.9 Å². The van der Waals surface area contributed by atoms with Crippen LogP contribution in [0.1, 0.15) is 44.7 Å². The summed E-state index contributed by atoms with van der Waals surface area (Å²) in [7, 11) is -4.13. The summed E-state index contributed by atoms with van der Waals surface area (Å²) in [6, 6.07) is 21.5. The Labute approximate surface area is 238 Å². The Hall–Kier alpha value is -3.85. The van der Waals surface area contributed by atoms with Gasteiger partial charge in [0.2, 0.25) is 11.8 Å². The van der Waals surface area contributed by atoms with Gasteiger partial charge in [-0.1, -0.05) is 61.4 Å². The smallest absolute Gasteiger partial charge is 0.264 e. The molecule has 0 spiro atoms. The van der Waals surface area contributed by atoms with Crippen molar-refractivity contribution in [1.82, 2.24) is 10.2 Å². The first-order valence-corrected chi connectivity index (χ1v) is 15.0. The van der Waals surface area contributed by atoms with Gasteiger partial charge in [-0.15, -0.1) is 0 Å². The Morgan fingerprint density at radius 2 is 1.57 bits per heavy atom. The monoisotopic (exact) mass is 565 g/mol. The van der Waals surface area contributed by atoms with Crippen molar-refractivity contribution in [3.05, 3.63) is 90.0 Å². The molecule has 0 radical (unpaired) electrons. The minimum absolute atomic E-state index is 0.0306. The molecule has 0 fully saturated rings. The third-order valence-corrected chi connectivity index (χ3v) is 8.30. The number of benzene rings is 3. The second-order valence-electron chi connectivity index (χ2n) is 9.58. The fourth-order valence-corrected chi connectivity index (χ4v) is 5.55. The summed E-state index contributed by atoms with van der Waals surface area (Å²) in [5.74, 6) is -0.220. The fourth-order valence-electron chi connectivity index (χ4n) is 4.13. The van der Waals surface area contributed by atoms with E-state index in [0.717, 1.165) is 28.3 Å². The lowest BCUT2D eigenvalue weighted by molar-refractivity contribution is -0.139. The number of hydrogen-bond donors (Lipinski definition) is 1. The van der Waals surface area contributed by atoms with Crippen molar-refractivity contribution < 1.29 is 22.7 Å². The van der Waals surface area contributed by atoms with Crippen molar-refractivity contribution in [2.45, 2.75) is 58.0 Å². The number of unbranched alkanes of at least 4 members (excludes halogenated alkanes) is 1. The summed E-state index contributed by atoms with van der Waals surface area (Å²) in [6.07, 6.45) is 1.75. The topological polar surface area (TPSA) is 96.0 Å². The van der Waals surface area contributed by atoms with E-state index in [1.165, 1.54) is 17.0 Å². The van der Waals surface area contributed by atoms with Crippen molar-refractivity contribution in [2.75, 3.05) is 24.0 Å². The molecule has 3 aromatic carbocycles. The van der Waals surface area contributed by atoms with Crippen LogP contribution in [-0.4, -0.2) is 50.9 Å². The summed E-state index contributed by atoms with van der Waals surface area (Å²) in [5.41, 5.74) is 2.26. The summed E-state index contributed by atoms with van der Waals surface area (Å²) < 4.78 is 34.3. The zero-order valence-electron chi connectivity index (χ0n) is 23.7. The Bertz CT molecular complexity index is 1340. The van der Waals surface area contributed by atoms with E-state index in [0.29, 0.717) is 24.6 Å². The number of carbonyl (C=O) groups is 2. The quantitative estimate of drug-likeness (QED) is 0.280. The van der Waals surface area contributed by atoms with Crippen LogP contribution < -0.4 is 14.4 Å². The normalized spacial score (nSPS) is 11.9. The second kappa shape index (κ2) is 14.5. The molecule has 0 saturated carbocycles. The van der Waals surface area contributed by atoms with Crippen LogP contribution in [0.25, 0.3) is 0 Å². The minimum Gasteiger partial charge on any atom is -0.494 e. The first kappa shape index (κ1) is 30.7. The summed E-state index contributed by atoms with van der Waals surface area (Å²) in [6.45, 7) is 8.17. The van der Waals surface area contributed by atoms with Crippen molar-refractivity contribution in [1.29, 1.82) is 0 Å². The van der Waals surface area contributed by atoms with Gasteiger partial charge in [0.25, 0.3) is 10.0 Å². The highest BCUT2D eigenvalue weighted by Gasteiger charge is 2.32. The van der Waals surface area contributed by atoms with E-state index in [2.05, 4.69) is 5.32 Å². The van der Waals surface area contributed by atoms with Crippen molar-refractivity contribution in [2.24, 2.45) is 0 Å². The number of carbonyl (C=O) groups excluding carboxylic acids is 2. The number of rotatable bonds is 14. The molecule has 1 unspecified atom stereocenters. The van der Waals surface area contributed by atoms with Crippen LogP contribution in [-0.2, 0) is 26.2 Å². The van der Waals surface area contributed by atoms with Gasteiger partial charge in [0.1, 0.15) is 18.3 Å². The van der Waals surface area contributed by atoms with Crippen molar-refractivity contribution in [3.8, 4) is 5.75 Å². The maximum absolute atomic E-state index is 13.9. The highest BCUT2D eigenvalue weighted by molar-refractivity contribution is 7.92. The Morgan fingerprint density at radius 1 is 0.925 bits per heavy atom. The molecule has 9 heteroatoms. The Morgan fingerprint density at radius 3 is 2.17 bits per heavy atom. The molecule has 3 rings (SSSR count). The van der Waals surface area contributed by atoms with Crippen LogP contribution in [0, 0.1) is 6.92 Å². The van der Waals surface area contributed by atoms with Crippen molar-refractivity contribution in [3.63, 3.8) is 0 Å². The number of para-hydroxylation sites is 1. The molecule has 40 heavy (non-hydrogen) atoms. The SMILES string of the molecule is CCCCNC(=O)C(C)N(Cc1ccc(C)cc1)C(=O)CN(c1ccccc1)S(=O)(=O)c1ccc(OCC)cc1. The molecule has 0 bridgehead atoms. The number of ether oxygens (including phenoxy) is 1. The molecule has 0 aromatic heterocycles. The Balaban J connectivity index is 1.96. The van der Waals surface area contributed by atoms with E-state index >= 15 is 0 Å². The number of anilines is 1. The van der Waals surface area contributed by atoms with E-state index in [1.807, 2.05) is 45.0 Å². The molecule has 214 valence electrons. The molecule has 2 amide bonds. The first-order valence-electron chi connectivity index (χ1n) is 13.6. The summed E-state index contributed by atoms with van der Waals surface area (Å²) >= 11 is 0. The lowest BCUT2D eigenvalue weighted by Crippen LogP contribution is -2.51. The fraction of sp³-hybridized carbons (Fsp3) is 0.355. The number of nitrogens with one attached hydrogen (secondary N) is 1. The lowest BCUT2D eigenvalue weighted by Gasteiger charge is -2.32. The van der Waals surface area contributed by atoms with Gasteiger partial charge in [0, 0.05) is 13.1 Å². The van der Waals surface area contributed by atoms with Crippen LogP contribution >= 0.6 is 0 Å². The molecule has 0 aliphatic carbocycles. The first-order chi connectivity index (χ1) is 19.2. The molecule has 1 atom stereocenters.